The van der Waals surface area contributed by atoms with E-state index in [1.54, 1.807) is 12.1 Å². The summed E-state index contributed by atoms with van der Waals surface area (Å²) in [4.78, 5) is 21.4. The number of ether oxygens (including phenoxy) is 2. The SMILES string of the molecule is CCOc1cc(CN2CCC(Nc3cnc(C(=O)O)cn3)CC2)cc(OCC)c1-c1ccc(F)cc1. The molecule has 190 valence electrons. The number of benzene rings is 2. The zero-order valence-corrected chi connectivity index (χ0v) is 20.5. The van der Waals surface area contributed by atoms with Crippen molar-refractivity contribution in [2.45, 2.75) is 39.3 Å². The van der Waals surface area contributed by atoms with Crippen LogP contribution in [0.2, 0.25) is 0 Å². The van der Waals surface area contributed by atoms with E-state index >= 15 is 0 Å². The van der Waals surface area contributed by atoms with E-state index in [1.807, 2.05) is 13.8 Å². The lowest BCUT2D eigenvalue weighted by Crippen LogP contribution is -2.38. The van der Waals surface area contributed by atoms with Crippen molar-refractivity contribution in [3.05, 3.63) is 65.9 Å². The van der Waals surface area contributed by atoms with Crippen molar-refractivity contribution in [3.8, 4) is 22.6 Å². The summed E-state index contributed by atoms with van der Waals surface area (Å²) in [6.45, 7) is 7.45. The average molecular weight is 495 g/mol. The quantitative estimate of drug-likeness (QED) is 0.413. The molecule has 1 fully saturated rings. The monoisotopic (exact) mass is 494 g/mol. The van der Waals surface area contributed by atoms with Crippen LogP contribution in [0.15, 0.2) is 48.8 Å². The molecule has 2 aromatic carbocycles. The molecule has 0 aliphatic carbocycles. The van der Waals surface area contributed by atoms with E-state index in [9.17, 15) is 9.18 Å². The molecule has 0 bridgehead atoms. The lowest BCUT2D eigenvalue weighted by molar-refractivity contribution is 0.0690. The number of piperidine rings is 1. The Morgan fingerprint density at radius 3 is 2.22 bits per heavy atom. The third kappa shape index (κ3) is 6.28. The number of aromatic nitrogens is 2. The Morgan fingerprint density at radius 2 is 1.69 bits per heavy atom. The van der Waals surface area contributed by atoms with Gasteiger partial charge in [0.1, 0.15) is 23.1 Å². The van der Waals surface area contributed by atoms with Gasteiger partial charge in [-0.2, -0.15) is 0 Å². The highest BCUT2D eigenvalue weighted by Gasteiger charge is 2.22. The Kier molecular flexibility index (Phi) is 8.32. The molecule has 1 aliphatic heterocycles. The normalized spacial score (nSPS) is 14.4. The lowest BCUT2D eigenvalue weighted by Gasteiger charge is -2.32. The molecule has 2 N–H and O–H groups in total. The summed E-state index contributed by atoms with van der Waals surface area (Å²) >= 11 is 0. The number of nitrogens with zero attached hydrogens (tertiary/aromatic N) is 3. The Balaban J connectivity index is 1.44. The van der Waals surface area contributed by atoms with Gasteiger partial charge in [-0.25, -0.2) is 19.2 Å². The Morgan fingerprint density at radius 1 is 1.06 bits per heavy atom. The highest BCUT2D eigenvalue weighted by molar-refractivity contribution is 5.84. The third-order valence-electron chi connectivity index (χ3n) is 6.08. The molecule has 1 aromatic heterocycles. The summed E-state index contributed by atoms with van der Waals surface area (Å²) in [5, 5.41) is 12.3. The molecule has 1 saturated heterocycles. The number of rotatable bonds is 10. The van der Waals surface area contributed by atoms with E-state index in [1.165, 1.54) is 24.5 Å². The van der Waals surface area contributed by atoms with Gasteiger partial charge in [-0.3, -0.25) is 4.90 Å². The van der Waals surface area contributed by atoms with Crippen molar-refractivity contribution in [1.82, 2.24) is 14.9 Å². The number of likely N-dealkylation sites (tertiary alicyclic amines) is 1. The summed E-state index contributed by atoms with van der Waals surface area (Å²) < 4.78 is 25.5. The third-order valence-corrected chi connectivity index (χ3v) is 6.08. The first-order valence-corrected chi connectivity index (χ1v) is 12.2. The van der Waals surface area contributed by atoms with Crippen LogP contribution in [0.5, 0.6) is 11.5 Å². The van der Waals surface area contributed by atoms with E-state index in [-0.39, 0.29) is 17.6 Å². The second-order valence-corrected chi connectivity index (χ2v) is 8.63. The van der Waals surface area contributed by atoms with Gasteiger partial charge in [-0.1, -0.05) is 12.1 Å². The Hall–Kier alpha value is -3.72. The number of hydrogen-bond donors (Lipinski definition) is 2. The fourth-order valence-electron chi connectivity index (χ4n) is 4.39. The molecule has 4 rings (SSSR count). The minimum Gasteiger partial charge on any atom is -0.493 e. The van der Waals surface area contributed by atoms with Crippen molar-refractivity contribution in [3.63, 3.8) is 0 Å². The van der Waals surface area contributed by atoms with Crippen LogP contribution < -0.4 is 14.8 Å². The van der Waals surface area contributed by atoms with Gasteiger partial charge in [0.15, 0.2) is 5.69 Å². The number of anilines is 1. The summed E-state index contributed by atoms with van der Waals surface area (Å²) in [5.41, 5.74) is 2.70. The van der Waals surface area contributed by atoms with Crippen LogP contribution in [0.3, 0.4) is 0 Å². The van der Waals surface area contributed by atoms with Crippen molar-refractivity contribution in [2.75, 3.05) is 31.6 Å². The molecule has 8 nitrogen and oxygen atoms in total. The molecule has 0 atom stereocenters. The van der Waals surface area contributed by atoms with Crippen molar-refractivity contribution in [1.29, 1.82) is 0 Å². The van der Waals surface area contributed by atoms with E-state index in [0.717, 1.165) is 60.7 Å². The molecule has 3 aromatic rings. The molecule has 1 aliphatic rings. The molecule has 2 heterocycles. The fraction of sp³-hybridized carbons (Fsp3) is 0.370. The first-order chi connectivity index (χ1) is 17.5. The van der Waals surface area contributed by atoms with Crippen LogP contribution in [0.1, 0.15) is 42.7 Å². The average Bonchev–Trinajstić information content (AvgIpc) is 2.87. The van der Waals surface area contributed by atoms with Gasteiger partial charge < -0.3 is 19.9 Å². The largest absolute Gasteiger partial charge is 0.493 e. The molecule has 36 heavy (non-hydrogen) atoms. The zero-order valence-electron chi connectivity index (χ0n) is 20.5. The minimum atomic E-state index is -1.09. The maximum absolute atomic E-state index is 13.5. The van der Waals surface area contributed by atoms with Crippen LogP contribution in [0, 0.1) is 5.82 Å². The smallest absolute Gasteiger partial charge is 0.356 e. The van der Waals surface area contributed by atoms with Crippen molar-refractivity contribution >= 4 is 11.8 Å². The standard InChI is InChI=1S/C27H31FN4O4/c1-3-35-23-13-18(14-24(36-4-2)26(23)19-5-7-20(28)8-6-19)17-32-11-9-21(10-12-32)31-25-16-29-22(15-30-25)27(33)34/h5-8,13-16,21H,3-4,9-12,17H2,1-2H3,(H,30,31)(H,33,34). The van der Waals surface area contributed by atoms with Gasteiger partial charge in [-0.15, -0.1) is 0 Å². The van der Waals surface area contributed by atoms with Crippen LogP contribution in [0.4, 0.5) is 10.2 Å². The first kappa shape index (κ1) is 25.4. The maximum Gasteiger partial charge on any atom is 0.356 e. The Bertz CT molecular complexity index is 1140. The summed E-state index contributed by atoms with van der Waals surface area (Å²) in [7, 11) is 0. The van der Waals surface area contributed by atoms with Gasteiger partial charge in [-0.05, 0) is 62.1 Å². The predicted octanol–water partition coefficient (Wildman–Crippen LogP) is 4.85. The van der Waals surface area contributed by atoms with E-state index in [2.05, 4.69) is 32.3 Å². The first-order valence-electron chi connectivity index (χ1n) is 12.2. The van der Waals surface area contributed by atoms with E-state index in [4.69, 9.17) is 14.6 Å². The number of hydrogen-bond acceptors (Lipinski definition) is 7. The van der Waals surface area contributed by atoms with Gasteiger partial charge in [0.05, 0.1) is 31.2 Å². The molecule has 0 radical (unpaired) electrons. The van der Waals surface area contributed by atoms with Crippen LogP contribution in [0.25, 0.3) is 11.1 Å². The van der Waals surface area contributed by atoms with E-state index in [0.29, 0.717) is 19.0 Å². The number of nitrogens with one attached hydrogen (secondary N) is 1. The summed E-state index contributed by atoms with van der Waals surface area (Å²) in [6.07, 6.45) is 4.57. The maximum atomic E-state index is 13.5. The number of carboxylic acids is 1. The van der Waals surface area contributed by atoms with Crippen LogP contribution >= 0.6 is 0 Å². The van der Waals surface area contributed by atoms with Crippen molar-refractivity contribution < 1.29 is 23.8 Å². The summed E-state index contributed by atoms with van der Waals surface area (Å²) in [6, 6.07) is 10.7. The topological polar surface area (TPSA) is 96.8 Å². The van der Waals surface area contributed by atoms with Gasteiger partial charge >= 0.3 is 5.97 Å². The van der Waals surface area contributed by atoms with Gasteiger partial charge in [0.25, 0.3) is 0 Å². The second kappa shape index (κ2) is 11.8. The molecular formula is C27H31FN4O4. The summed E-state index contributed by atoms with van der Waals surface area (Å²) in [5.74, 6) is 0.661. The van der Waals surface area contributed by atoms with Crippen LogP contribution in [-0.4, -0.2) is 58.3 Å². The van der Waals surface area contributed by atoms with Gasteiger partial charge in [0, 0.05) is 25.7 Å². The van der Waals surface area contributed by atoms with E-state index < -0.39 is 5.97 Å². The van der Waals surface area contributed by atoms with Crippen molar-refractivity contribution in [2.24, 2.45) is 0 Å². The lowest BCUT2D eigenvalue weighted by atomic mass is 9.99. The van der Waals surface area contributed by atoms with Gasteiger partial charge in [0.2, 0.25) is 0 Å². The second-order valence-electron chi connectivity index (χ2n) is 8.63. The number of halogens is 1. The predicted molar refractivity (Wildman–Crippen MR) is 135 cm³/mol. The van der Waals surface area contributed by atoms with Crippen LogP contribution in [-0.2, 0) is 6.54 Å². The minimum absolute atomic E-state index is 0.0707. The molecule has 0 unspecified atom stereocenters. The highest BCUT2D eigenvalue weighted by atomic mass is 19.1. The number of aromatic carboxylic acids is 1. The Labute approximate surface area is 210 Å². The molecule has 0 amide bonds. The molecule has 0 saturated carbocycles. The zero-order chi connectivity index (χ0) is 25.5. The molecule has 9 heteroatoms. The fourth-order valence-corrected chi connectivity index (χ4v) is 4.39. The molecular weight excluding hydrogens is 463 g/mol. The number of carbonyl (C=O) groups is 1. The highest BCUT2D eigenvalue weighted by Crippen LogP contribution is 2.40. The number of carboxylic acid groups (broad SMARTS) is 1. The molecule has 0 spiro atoms.